The molecule has 0 unspecified atom stereocenters. The van der Waals surface area contributed by atoms with E-state index in [2.05, 4.69) is 30.9 Å². The smallest absolute Gasteiger partial charge is 0.357 e. The summed E-state index contributed by atoms with van der Waals surface area (Å²) >= 11 is 3.34. The van der Waals surface area contributed by atoms with Crippen LogP contribution in [0.5, 0.6) is 5.75 Å². The number of aromatic amines is 1. The Morgan fingerprint density at radius 3 is 2.72 bits per heavy atom. The highest BCUT2D eigenvalue weighted by molar-refractivity contribution is 9.10. The normalized spacial score (nSPS) is 10.2. The predicted octanol–water partition coefficient (Wildman–Crippen LogP) is 2.63. The lowest BCUT2D eigenvalue weighted by Gasteiger charge is -2.05. The monoisotopic (exact) mass is 310 g/mol. The van der Waals surface area contributed by atoms with Crippen LogP contribution in [-0.2, 0) is 4.74 Å². The van der Waals surface area contributed by atoms with Crippen LogP contribution in [0.25, 0.3) is 11.3 Å². The molecule has 0 amide bonds. The van der Waals surface area contributed by atoms with Gasteiger partial charge in [0.25, 0.3) is 0 Å². The number of rotatable bonds is 3. The molecular formula is C12H11BrN2O3. The molecule has 2 aromatic rings. The Balaban J connectivity index is 2.52. The van der Waals surface area contributed by atoms with Gasteiger partial charge in [-0.05, 0) is 28.1 Å². The first-order chi connectivity index (χ1) is 8.69. The van der Waals surface area contributed by atoms with Gasteiger partial charge in [0.15, 0.2) is 5.69 Å². The van der Waals surface area contributed by atoms with Crippen LogP contribution in [0.15, 0.2) is 28.7 Å². The van der Waals surface area contributed by atoms with Gasteiger partial charge in [0.05, 0.1) is 18.7 Å². The second-order valence-corrected chi connectivity index (χ2v) is 4.25. The minimum absolute atomic E-state index is 0.276. The second-order valence-electron chi connectivity index (χ2n) is 3.45. The Hall–Kier alpha value is -1.82. The Bertz CT molecular complexity index is 580. The van der Waals surface area contributed by atoms with Gasteiger partial charge in [0.1, 0.15) is 11.4 Å². The van der Waals surface area contributed by atoms with Crippen LogP contribution >= 0.6 is 15.9 Å². The highest BCUT2D eigenvalue weighted by atomic mass is 79.9. The van der Waals surface area contributed by atoms with Crippen molar-refractivity contribution >= 4 is 21.9 Å². The molecule has 0 saturated carbocycles. The number of hydrogen-bond acceptors (Lipinski definition) is 4. The highest BCUT2D eigenvalue weighted by Crippen LogP contribution is 2.34. The molecule has 0 radical (unpaired) electrons. The lowest BCUT2D eigenvalue weighted by Crippen LogP contribution is -2.02. The molecule has 0 atom stereocenters. The van der Waals surface area contributed by atoms with Crippen molar-refractivity contribution in [3.63, 3.8) is 0 Å². The fourth-order valence-corrected chi connectivity index (χ4v) is 2.14. The Kier molecular flexibility index (Phi) is 3.66. The predicted molar refractivity (Wildman–Crippen MR) is 69.6 cm³/mol. The van der Waals surface area contributed by atoms with Crippen LogP contribution in [-0.4, -0.2) is 30.4 Å². The van der Waals surface area contributed by atoms with Crippen molar-refractivity contribution in [2.45, 2.75) is 0 Å². The van der Waals surface area contributed by atoms with Gasteiger partial charge in [-0.3, -0.25) is 5.10 Å². The molecule has 5 nitrogen and oxygen atoms in total. The number of nitrogens with zero attached hydrogens (tertiary/aromatic N) is 1. The number of nitrogens with one attached hydrogen (secondary N) is 1. The molecule has 0 aliphatic rings. The van der Waals surface area contributed by atoms with Crippen molar-refractivity contribution in [2.75, 3.05) is 14.2 Å². The summed E-state index contributed by atoms with van der Waals surface area (Å²) in [5, 5.41) is 6.76. The number of benzene rings is 1. The SMILES string of the molecule is COC(=O)c1[nH]nc(-c2ccccc2OC)c1Br. The number of methoxy groups -OCH3 is 2. The Labute approximate surface area is 112 Å². The van der Waals surface area contributed by atoms with Gasteiger partial charge < -0.3 is 9.47 Å². The first-order valence-electron chi connectivity index (χ1n) is 5.14. The van der Waals surface area contributed by atoms with E-state index >= 15 is 0 Å². The Morgan fingerprint density at radius 2 is 2.06 bits per heavy atom. The Morgan fingerprint density at radius 1 is 1.33 bits per heavy atom. The summed E-state index contributed by atoms with van der Waals surface area (Å²) in [6.07, 6.45) is 0. The lowest BCUT2D eigenvalue weighted by atomic mass is 10.1. The van der Waals surface area contributed by atoms with Gasteiger partial charge in [-0.25, -0.2) is 4.79 Å². The van der Waals surface area contributed by atoms with Crippen LogP contribution in [0.4, 0.5) is 0 Å². The summed E-state index contributed by atoms with van der Waals surface area (Å²) in [5.74, 6) is 0.205. The summed E-state index contributed by atoms with van der Waals surface area (Å²) in [6.45, 7) is 0. The van der Waals surface area contributed by atoms with Crippen molar-refractivity contribution in [1.82, 2.24) is 10.2 Å². The van der Waals surface area contributed by atoms with Crippen molar-refractivity contribution in [1.29, 1.82) is 0 Å². The number of halogens is 1. The minimum atomic E-state index is -0.476. The third kappa shape index (κ3) is 2.11. The van der Waals surface area contributed by atoms with Crippen molar-refractivity contribution in [2.24, 2.45) is 0 Å². The largest absolute Gasteiger partial charge is 0.496 e. The highest BCUT2D eigenvalue weighted by Gasteiger charge is 2.20. The van der Waals surface area contributed by atoms with E-state index in [1.165, 1.54) is 7.11 Å². The van der Waals surface area contributed by atoms with Crippen LogP contribution < -0.4 is 4.74 Å². The van der Waals surface area contributed by atoms with E-state index in [-0.39, 0.29) is 5.69 Å². The molecule has 0 bridgehead atoms. The zero-order valence-corrected chi connectivity index (χ0v) is 11.4. The maximum absolute atomic E-state index is 11.5. The second kappa shape index (κ2) is 5.22. The molecule has 0 saturated heterocycles. The van der Waals surface area contributed by atoms with Crippen LogP contribution in [0.1, 0.15) is 10.5 Å². The topological polar surface area (TPSA) is 64.2 Å². The van der Waals surface area contributed by atoms with E-state index in [0.717, 1.165) is 5.56 Å². The number of esters is 1. The number of carbonyl (C=O) groups is 1. The third-order valence-corrected chi connectivity index (χ3v) is 3.23. The minimum Gasteiger partial charge on any atom is -0.496 e. The van der Waals surface area contributed by atoms with Gasteiger partial charge >= 0.3 is 5.97 Å². The number of para-hydroxylation sites is 1. The van der Waals surface area contributed by atoms with Gasteiger partial charge in [0, 0.05) is 5.56 Å². The zero-order valence-electron chi connectivity index (χ0n) is 9.86. The molecule has 1 N–H and O–H groups in total. The number of aromatic nitrogens is 2. The standard InChI is InChI=1S/C12H11BrN2O3/c1-17-8-6-4-3-5-7(8)10-9(13)11(15-14-10)12(16)18-2/h3-6H,1-2H3,(H,14,15). The molecule has 18 heavy (non-hydrogen) atoms. The number of hydrogen-bond donors (Lipinski definition) is 1. The summed E-state index contributed by atoms with van der Waals surface area (Å²) < 4.78 is 10.5. The maximum atomic E-state index is 11.5. The molecule has 94 valence electrons. The number of ether oxygens (including phenoxy) is 2. The molecule has 1 aromatic heterocycles. The summed E-state index contributed by atoms with van der Waals surface area (Å²) in [4.78, 5) is 11.5. The van der Waals surface area contributed by atoms with Gasteiger partial charge in [-0.2, -0.15) is 5.10 Å². The molecule has 0 fully saturated rings. The summed E-state index contributed by atoms with van der Waals surface area (Å²) in [5.41, 5.74) is 1.67. The summed E-state index contributed by atoms with van der Waals surface area (Å²) in [6, 6.07) is 7.43. The van der Waals surface area contributed by atoms with Crippen LogP contribution in [0.3, 0.4) is 0 Å². The number of H-pyrrole nitrogens is 1. The molecular weight excluding hydrogens is 300 g/mol. The van der Waals surface area contributed by atoms with Crippen LogP contribution in [0.2, 0.25) is 0 Å². The molecule has 6 heteroatoms. The maximum Gasteiger partial charge on any atom is 0.357 e. The summed E-state index contributed by atoms with van der Waals surface area (Å²) in [7, 11) is 2.90. The zero-order chi connectivity index (χ0) is 13.1. The first-order valence-corrected chi connectivity index (χ1v) is 5.94. The molecule has 0 aliphatic heterocycles. The number of carbonyl (C=O) groups excluding carboxylic acids is 1. The van der Waals surface area contributed by atoms with Gasteiger partial charge in [-0.15, -0.1) is 0 Å². The molecule has 1 heterocycles. The van der Waals surface area contributed by atoms with E-state index in [0.29, 0.717) is 15.9 Å². The first kappa shape index (κ1) is 12.6. The van der Waals surface area contributed by atoms with E-state index in [9.17, 15) is 4.79 Å². The fraction of sp³-hybridized carbons (Fsp3) is 0.167. The van der Waals surface area contributed by atoms with Crippen molar-refractivity contribution in [3.05, 3.63) is 34.4 Å². The average molecular weight is 311 g/mol. The molecule has 1 aromatic carbocycles. The van der Waals surface area contributed by atoms with E-state index < -0.39 is 5.97 Å². The molecule has 0 aliphatic carbocycles. The van der Waals surface area contributed by atoms with Gasteiger partial charge in [-0.1, -0.05) is 12.1 Å². The average Bonchev–Trinajstić information content (AvgIpc) is 2.79. The fourth-order valence-electron chi connectivity index (χ4n) is 1.58. The molecule has 0 spiro atoms. The third-order valence-electron chi connectivity index (χ3n) is 2.46. The van der Waals surface area contributed by atoms with Crippen LogP contribution in [0, 0.1) is 0 Å². The van der Waals surface area contributed by atoms with Crippen molar-refractivity contribution in [3.8, 4) is 17.0 Å². The van der Waals surface area contributed by atoms with E-state index in [1.54, 1.807) is 7.11 Å². The lowest BCUT2D eigenvalue weighted by molar-refractivity contribution is 0.0593. The van der Waals surface area contributed by atoms with Gasteiger partial charge in [0.2, 0.25) is 0 Å². The van der Waals surface area contributed by atoms with E-state index in [1.807, 2.05) is 24.3 Å². The van der Waals surface area contributed by atoms with Crippen molar-refractivity contribution < 1.29 is 14.3 Å². The van der Waals surface area contributed by atoms with E-state index in [4.69, 9.17) is 4.74 Å². The quantitative estimate of drug-likeness (QED) is 0.885. The molecule has 2 rings (SSSR count).